The SMILES string of the molecule is CC(C)c1ccc2sc3ccccc3c(=O)c2c1.O=c1c2ccccc2sc2cccc(Cl)c12. The van der Waals surface area contributed by atoms with E-state index in [-0.39, 0.29) is 10.9 Å². The number of rotatable bonds is 1. The molecular formula is C29H21ClO2S2. The van der Waals surface area contributed by atoms with Gasteiger partial charge in [-0.15, -0.1) is 22.7 Å². The zero-order chi connectivity index (χ0) is 23.8. The van der Waals surface area contributed by atoms with Crippen LogP contribution in [-0.4, -0.2) is 0 Å². The van der Waals surface area contributed by atoms with Crippen LogP contribution >= 0.6 is 34.3 Å². The summed E-state index contributed by atoms with van der Waals surface area (Å²) in [5, 5.41) is 3.59. The Morgan fingerprint density at radius 2 is 1.18 bits per heavy atom. The maximum Gasteiger partial charge on any atom is 0.197 e. The van der Waals surface area contributed by atoms with Crippen molar-refractivity contribution in [3.63, 3.8) is 0 Å². The predicted molar refractivity (Wildman–Crippen MR) is 150 cm³/mol. The molecule has 34 heavy (non-hydrogen) atoms. The maximum atomic E-state index is 12.5. The van der Waals surface area contributed by atoms with E-state index in [9.17, 15) is 9.59 Å². The van der Waals surface area contributed by atoms with Gasteiger partial charge in [-0.2, -0.15) is 0 Å². The summed E-state index contributed by atoms with van der Waals surface area (Å²) < 4.78 is 4.08. The van der Waals surface area contributed by atoms with E-state index >= 15 is 0 Å². The lowest BCUT2D eigenvalue weighted by Gasteiger charge is -2.07. The van der Waals surface area contributed by atoms with E-state index in [2.05, 4.69) is 26.0 Å². The summed E-state index contributed by atoms with van der Waals surface area (Å²) in [5.41, 5.74) is 1.40. The Balaban J connectivity index is 0.000000142. The van der Waals surface area contributed by atoms with E-state index in [1.54, 1.807) is 28.7 Å². The zero-order valence-corrected chi connectivity index (χ0v) is 21.1. The largest absolute Gasteiger partial charge is 0.289 e. The highest BCUT2D eigenvalue weighted by molar-refractivity contribution is 7.25. The fourth-order valence-corrected chi connectivity index (χ4v) is 6.46. The average molecular weight is 501 g/mol. The molecular weight excluding hydrogens is 480 g/mol. The van der Waals surface area contributed by atoms with Crippen molar-refractivity contribution in [1.82, 2.24) is 0 Å². The van der Waals surface area contributed by atoms with Gasteiger partial charge in [0, 0.05) is 35.0 Å². The molecule has 2 nitrogen and oxygen atoms in total. The van der Waals surface area contributed by atoms with Gasteiger partial charge in [0.25, 0.3) is 0 Å². The number of hydrogen-bond donors (Lipinski definition) is 0. The molecule has 0 bridgehead atoms. The molecule has 2 heterocycles. The van der Waals surface area contributed by atoms with Crippen LogP contribution in [0.25, 0.3) is 40.3 Å². The van der Waals surface area contributed by atoms with E-state index in [0.717, 1.165) is 35.0 Å². The van der Waals surface area contributed by atoms with Gasteiger partial charge in [0.15, 0.2) is 10.9 Å². The topological polar surface area (TPSA) is 34.1 Å². The maximum absolute atomic E-state index is 12.5. The Hall–Kier alpha value is -3.05. The molecule has 6 rings (SSSR count). The molecule has 0 radical (unpaired) electrons. The van der Waals surface area contributed by atoms with Crippen LogP contribution in [-0.2, 0) is 0 Å². The first-order chi connectivity index (χ1) is 16.4. The fraction of sp³-hybridized carbons (Fsp3) is 0.103. The molecule has 0 aliphatic heterocycles. The number of benzene rings is 4. The molecule has 4 aromatic carbocycles. The van der Waals surface area contributed by atoms with Crippen LogP contribution in [0.4, 0.5) is 0 Å². The van der Waals surface area contributed by atoms with E-state index in [1.807, 2.05) is 66.7 Å². The third kappa shape index (κ3) is 4.14. The molecule has 0 saturated carbocycles. The van der Waals surface area contributed by atoms with Gasteiger partial charge in [0.1, 0.15) is 0 Å². The highest BCUT2D eigenvalue weighted by Gasteiger charge is 2.09. The summed E-state index contributed by atoms with van der Waals surface area (Å²) >= 11 is 9.35. The van der Waals surface area contributed by atoms with Gasteiger partial charge in [0.05, 0.1) is 10.4 Å². The molecule has 0 aliphatic rings. The van der Waals surface area contributed by atoms with Gasteiger partial charge in [-0.05, 0) is 60.0 Å². The second-order valence-electron chi connectivity index (χ2n) is 8.38. The Bertz CT molecular complexity index is 1800. The van der Waals surface area contributed by atoms with Crippen molar-refractivity contribution in [1.29, 1.82) is 0 Å². The predicted octanol–water partition coefficient (Wildman–Crippen LogP) is 8.61. The minimum absolute atomic E-state index is 0.0231. The fourth-order valence-electron chi connectivity index (χ4n) is 3.99. The lowest BCUT2D eigenvalue weighted by atomic mass is 10.0. The van der Waals surface area contributed by atoms with Crippen LogP contribution in [0.1, 0.15) is 25.3 Å². The monoisotopic (exact) mass is 500 g/mol. The molecule has 5 heteroatoms. The standard InChI is InChI=1S/C16H14OS.C13H7ClOS/c1-10(2)11-7-8-15-13(9-11)16(17)12-5-3-4-6-14(12)18-15;14-9-5-3-7-11-12(9)13(15)8-4-1-2-6-10(8)16-11/h3-10H,1-2H3;1-7H. The summed E-state index contributed by atoms with van der Waals surface area (Å²) in [5.74, 6) is 0.449. The Labute approximate surface area is 209 Å². The molecule has 0 saturated heterocycles. The summed E-state index contributed by atoms with van der Waals surface area (Å²) in [4.78, 5) is 24.7. The highest BCUT2D eigenvalue weighted by Crippen LogP contribution is 2.29. The number of fused-ring (bicyclic) bond motifs is 4. The van der Waals surface area contributed by atoms with Crippen molar-refractivity contribution in [2.75, 3.05) is 0 Å². The summed E-state index contributed by atoms with van der Waals surface area (Å²) in [6, 6.07) is 27.2. The lowest BCUT2D eigenvalue weighted by molar-refractivity contribution is 0.869. The van der Waals surface area contributed by atoms with Crippen molar-refractivity contribution in [2.24, 2.45) is 0 Å². The first-order valence-corrected chi connectivity index (χ1v) is 13.0. The van der Waals surface area contributed by atoms with Gasteiger partial charge in [0.2, 0.25) is 0 Å². The second kappa shape index (κ2) is 9.30. The molecule has 168 valence electrons. The summed E-state index contributed by atoms with van der Waals surface area (Å²) in [6.07, 6.45) is 0. The molecule has 0 spiro atoms. The smallest absolute Gasteiger partial charge is 0.197 e. The normalized spacial score (nSPS) is 11.3. The van der Waals surface area contributed by atoms with Crippen LogP contribution in [0.2, 0.25) is 5.02 Å². The molecule has 2 aromatic heterocycles. The second-order valence-corrected chi connectivity index (χ2v) is 11.0. The summed E-state index contributed by atoms with van der Waals surface area (Å²) in [7, 11) is 0. The lowest BCUT2D eigenvalue weighted by Crippen LogP contribution is -2.01. The van der Waals surface area contributed by atoms with Crippen molar-refractivity contribution >= 4 is 74.6 Å². The quantitative estimate of drug-likeness (QED) is 0.212. The van der Waals surface area contributed by atoms with E-state index in [0.29, 0.717) is 16.3 Å². The van der Waals surface area contributed by atoms with Gasteiger partial charge in [-0.3, -0.25) is 9.59 Å². The number of halogens is 1. The minimum Gasteiger partial charge on any atom is -0.289 e. The summed E-state index contributed by atoms with van der Waals surface area (Å²) in [6.45, 7) is 4.30. The van der Waals surface area contributed by atoms with Gasteiger partial charge >= 0.3 is 0 Å². The molecule has 0 amide bonds. The van der Waals surface area contributed by atoms with E-state index in [4.69, 9.17) is 11.6 Å². The van der Waals surface area contributed by atoms with Crippen LogP contribution in [0, 0.1) is 0 Å². The third-order valence-corrected chi connectivity index (χ3v) is 8.42. The van der Waals surface area contributed by atoms with Crippen molar-refractivity contribution < 1.29 is 0 Å². The molecule has 6 aromatic rings. The van der Waals surface area contributed by atoms with Gasteiger partial charge < -0.3 is 0 Å². The van der Waals surface area contributed by atoms with Crippen LogP contribution in [0.15, 0.2) is 94.5 Å². The van der Waals surface area contributed by atoms with Crippen molar-refractivity contribution in [3.05, 3.63) is 116 Å². The Morgan fingerprint density at radius 1 is 0.618 bits per heavy atom. The van der Waals surface area contributed by atoms with Crippen molar-refractivity contribution in [2.45, 2.75) is 19.8 Å². The minimum atomic E-state index is 0.0231. The van der Waals surface area contributed by atoms with Crippen LogP contribution in [0.3, 0.4) is 0 Å². The van der Waals surface area contributed by atoms with Crippen LogP contribution in [0.5, 0.6) is 0 Å². The molecule has 0 fully saturated rings. The third-order valence-electron chi connectivity index (χ3n) is 5.82. The molecule has 0 N–H and O–H groups in total. The average Bonchev–Trinajstić information content (AvgIpc) is 2.84. The molecule has 0 atom stereocenters. The van der Waals surface area contributed by atoms with Crippen molar-refractivity contribution in [3.8, 4) is 0 Å². The van der Waals surface area contributed by atoms with E-state index in [1.165, 1.54) is 5.56 Å². The van der Waals surface area contributed by atoms with E-state index < -0.39 is 0 Å². The first-order valence-electron chi connectivity index (χ1n) is 11.0. The van der Waals surface area contributed by atoms with Gasteiger partial charge in [-0.25, -0.2) is 0 Å². The van der Waals surface area contributed by atoms with Gasteiger partial charge in [-0.1, -0.05) is 61.8 Å². The van der Waals surface area contributed by atoms with Crippen LogP contribution < -0.4 is 10.9 Å². The highest BCUT2D eigenvalue weighted by atomic mass is 35.5. The number of hydrogen-bond acceptors (Lipinski definition) is 4. The Kier molecular flexibility index (Phi) is 6.22. The molecule has 0 aliphatic carbocycles. The zero-order valence-electron chi connectivity index (χ0n) is 18.7. The molecule has 0 unspecified atom stereocenters. The first kappa shape index (κ1) is 22.7. The Morgan fingerprint density at radius 3 is 1.85 bits per heavy atom.